The zero-order valence-electron chi connectivity index (χ0n) is 11.8. The number of amides is 1. The van der Waals surface area contributed by atoms with Crippen molar-refractivity contribution in [1.29, 1.82) is 0 Å². The molecule has 0 aromatic heterocycles. The van der Waals surface area contributed by atoms with Gasteiger partial charge in [-0.3, -0.25) is 4.79 Å². The van der Waals surface area contributed by atoms with Crippen molar-refractivity contribution in [1.82, 2.24) is 5.32 Å². The van der Waals surface area contributed by atoms with Crippen molar-refractivity contribution in [2.24, 2.45) is 5.73 Å². The average Bonchev–Trinajstić information content (AvgIpc) is 2.33. The van der Waals surface area contributed by atoms with Crippen LogP contribution in [0.25, 0.3) is 0 Å². The van der Waals surface area contributed by atoms with Gasteiger partial charge < -0.3 is 20.5 Å². The molecule has 0 atom stereocenters. The minimum atomic E-state index is -0.468. The number of hydrogen-bond donors (Lipinski definition) is 2. The smallest absolute Gasteiger partial charge is 0.255 e. The third-order valence-corrected chi connectivity index (χ3v) is 2.69. The molecule has 0 heterocycles. The Labute approximate surface area is 114 Å². The largest absolute Gasteiger partial charge is 0.483 e. The van der Waals surface area contributed by atoms with E-state index in [-0.39, 0.29) is 6.61 Å². The topological polar surface area (TPSA) is 73.6 Å². The predicted molar refractivity (Wildman–Crippen MR) is 74.2 cm³/mol. The van der Waals surface area contributed by atoms with Gasteiger partial charge in [-0.1, -0.05) is 12.1 Å². The number of primary amides is 1. The molecule has 0 fully saturated rings. The number of benzene rings is 1. The predicted octanol–water partition coefficient (Wildman–Crippen LogP) is 0.904. The lowest BCUT2D eigenvalue weighted by Gasteiger charge is -2.13. The number of ether oxygens (including phenoxy) is 2. The second-order valence-electron chi connectivity index (χ2n) is 4.48. The van der Waals surface area contributed by atoms with Crippen LogP contribution in [-0.4, -0.2) is 32.8 Å². The van der Waals surface area contributed by atoms with Crippen LogP contribution < -0.4 is 15.8 Å². The van der Waals surface area contributed by atoms with Crippen LogP contribution in [0.1, 0.15) is 16.7 Å². The lowest BCUT2D eigenvalue weighted by atomic mass is 10.1. The fourth-order valence-electron chi connectivity index (χ4n) is 1.92. The maximum Gasteiger partial charge on any atom is 0.255 e. The van der Waals surface area contributed by atoms with Crippen LogP contribution in [0, 0.1) is 13.8 Å². The highest BCUT2D eigenvalue weighted by Gasteiger charge is 2.07. The van der Waals surface area contributed by atoms with E-state index in [2.05, 4.69) is 5.32 Å². The van der Waals surface area contributed by atoms with Crippen molar-refractivity contribution in [2.75, 3.05) is 26.9 Å². The Bertz CT molecular complexity index is 410. The normalized spacial score (nSPS) is 10.5. The Kier molecular flexibility index (Phi) is 6.32. The number of nitrogens with two attached hydrogens (primary N) is 1. The molecule has 19 heavy (non-hydrogen) atoms. The summed E-state index contributed by atoms with van der Waals surface area (Å²) in [5.74, 6) is 0.267. The lowest BCUT2D eigenvalue weighted by Crippen LogP contribution is -2.21. The van der Waals surface area contributed by atoms with E-state index in [1.807, 2.05) is 26.0 Å². The summed E-state index contributed by atoms with van der Waals surface area (Å²) in [7, 11) is 1.68. The molecule has 1 aromatic rings. The number of rotatable bonds is 8. The van der Waals surface area contributed by atoms with Gasteiger partial charge in [-0.05, 0) is 30.5 Å². The molecule has 0 aliphatic carbocycles. The van der Waals surface area contributed by atoms with Crippen molar-refractivity contribution in [3.63, 3.8) is 0 Å². The van der Waals surface area contributed by atoms with Crippen LogP contribution in [0.2, 0.25) is 0 Å². The van der Waals surface area contributed by atoms with Gasteiger partial charge in [0.15, 0.2) is 6.61 Å². The summed E-state index contributed by atoms with van der Waals surface area (Å²) in [5, 5.41) is 3.29. The first-order valence-corrected chi connectivity index (χ1v) is 6.25. The third kappa shape index (κ3) is 5.28. The van der Waals surface area contributed by atoms with Crippen LogP contribution in [0.3, 0.4) is 0 Å². The van der Waals surface area contributed by atoms with E-state index >= 15 is 0 Å². The molecule has 106 valence electrons. The highest BCUT2D eigenvalue weighted by molar-refractivity contribution is 5.75. The van der Waals surface area contributed by atoms with Gasteiger partial charge in [0, 0.05) is 20.2 Å². The first-order chi connectivity index (χ1) is 9.04. The van der Waals surface area contributed by atoms with E-state index in [4.69, 9.17) is 15.2 Å². The van der Waals surface area contributed by atoms with Gasteiger partial charge in [0.25, 0.3) is 5.91 Å². The highest BCUT2D eigenvalue weighted by atomic mass is 16.5. The summed E-state index contributed by atoms with van der Waals surface area (Å²) in [5.41, 5.74) is 8.27. The summed E-state index contributed by atoms with van der Waals surface area (Å²) in [4.78, 5) is 10.7. The number of methoxy groups -OCH3 is 1. The summed E-state index contributed by atoms with van der Waals surface area (Å²) < 4.78 is 10.4. The molecule has 1 rings (SSSR count). The van der Waals surface area contributed by atoms with Crippen LogP contribution in [0.5, 0.6) is 5.75 Å². The Hall–Kier alpha value is -1.59. The van der Waals surface area contributed by atoms with Crippen molar-refractivity contribution < 1.29 is 14.3 Å². The molecule has 0 radical (unpaired) electrons. The number of aryl methyl sites for hydroxylation is 2. The molecule has 0 spiro atoms. The van der Waals surface area contributed by atoms with Crippen molar-refractivity contribution >= 4 is 5.91 Å². The van der Waals surface area contributed by atoms with Crippen LogP contribution in [-0.2, 0) is 16.1 Å². The maximum absolute atomic E-state index is 10.7. The summed E-state index contributed by atoms with van der Waals surface area (Å²) >= 11 is 0. The third-order valence-electron chi connectivity index (χ3n) is 2.69. The van der Waals surface area contributed by atoms with Gasteiger partial charge in [-0.15, -0.1) is 0 Å². The van der Waals surface area contributed by atoms with Gasteiger partial charge in [-0.25, -0.2) is 0 Å². The number of carbonyl (C=O) groups excluding carboxylic acids is 1. The molecular weight excluding hydrogens is 244 g/mol. The molecule has 5 nitrogen and oxygen atoms in total. The summed E-state index contributed by atoms with van der Waals surface area (Å²) in [6.45, 7) is 6.12. The molecule has 0 aliphatic heterocycles. The molecule has 0 saturated heterocycles. The van der Waals surface area contributed by atoms with Crippen LogP contribution in [0.15, 0.2) is 12.1 Å². The molecular formula is C14H22N2O3. The van der Waals surface area contributed by atoms with Gasteiger partial charge in [0.2, 0.25) is 0 Å². The zero-order valence-corrected chi connectivity index (χ0v) is 11.8. The van der Waals surface area contributed by atoms with E-state index < -0.39 is 5.91 Å². The van der Waals surface area contributed by atoms with Crippen molar-refractivity contribution in [2.45, 2.75) is 20.4 Å². The quantitative estimate of drug-likeness (QED) is 0.686. The second-order valence-corrected chi connectivity index (χ2v) is 4.48. The summed E-state index contributed by atoms with van der Waals surface area (Å²) in [6, 6.07) is 4.09. The Morgan fingerprint density at radius 1 is 1.32 bits per heavy atom. The van der Waals surface area contributed by atoms with E-state index in [0.29, 0.717) is 6.61 Å². The molecule has 0 aliphatic rings. The Balaban J connectivity index is 2.65. The molecule has 0 bridgehead atoms. The van der Waals surface area contributed by atoms with Crippen molar-refractivity contribution in [3.05, 3.63) is 28.8 Å². The zero-order chi connectivity index (χ0) is 14.3. The average molecular weight is 266 g/mol. The fourth-order valence-corrected chi connectivity index (χ4v) is 1.92. The maximum atomic E-state index is 10.7. The van der Waals surface area contributed by atoms with Gasteiger partial charge in [0.1, 0.15) is 5.75 Å². The van der Waals surface area contributed by atoms with E-state index in [0.717, 1.165) is 30.0 Å². The molecule has 0 unspecified atom stereocenters. The van der Waals surface area contributed by atoms with Crippen LogP contribution in [0.4, 0.5) is 0 Å². The number of carbonyl (C=O) groups is 1. The van der Waals surface area contributed by atoms with Gasteiger partial charge >= 0.3 is 0 Å². The monoisotopic (exact) mass is 266 g/mol. The Morgan fingerprint density at radius 2 is 1.95 bits per heavy atom. The highest BCUT2D eigenvalue weighted by Crippen LogP contribution is 2.24. The lowest BCUT2D eigenvalue weighted by molar-refractivity contribution is -0.119. The molecule has 1 amide bonds. The number of nitrogens with one attached hydrogen (secondary N) is 1. The SMILES string of the molecule is COCCNCc1cc(C)c(OCC(N)=O)c(C)c1. The fraction of sp³-hybridized carbons (Fsp3) is 0.500. The first-order valence-electron chi connectivity index (χ1n) is 6.25. The standard InChI is InChI=1S/C14H22N2O3/c1-10-6-12(8-16-4-5-18-3)7-11(2)14(10)19-9-13(15)17/h6-7,16H,4-5,8-9H2,1-3H3,(H2,15,17). The first kappa shape index (κ1) is 15.5. The molecule has 5 heteroatoms. The minimum Gasteiger partial charge on any atom is -0.483 e. The van der Waals surface area contributed by atoms with Crippen LogP contribution >= 0.6 is 0 Å². The van der Waals surface area contributed by atoms with Gasteiger partial charge in [0.05, 0.1) is 6.61 Å². The summed E-state index contributed by atoms with van der Waals surface area (Å²) in [6.07, 6.45) is 0. The molecule has 3 N–H and O–H groups in total. The Morgan fingerprint density at radius 3 is 2.47 bits per heavy atom. The minimum absolute atomic E-state index is 0.0902. The van der Waals surface area contributed by atoms with Gasteiger partial charge in [-0.2, -0.15) is 0 Å². The molecule has 1 aromatic carbocycles. The van der Waals surface area contributed by atoms with E-state index in [1.54, 1.807) is 7.11 Å². The molecule has 0 saturated carbocycles. The number of hydrogen-bond acceptors (Lipinski definition) is 4. The van der Waals surface area contributed by atoms with E-state index in [1.165, 1.54) is 5.56 Å². The van der Waals surface area contributed by atoms with Crippen molar-refractivity contribution in [3.8, 4) is 5.75 Å². The van der Waals surface area contributed by atoms with E-state index in [9.17, 15) is 4.79 Å². The second kappa shape index (κ2) is 7.76.